The lowest BCUT2D eigenvalue weighted by molar-refractivity contribution is -0.131. The van der Waals surface area contributed by atoms with Crippen LogP contribution in [-0.2, 0) is 4.79 Å². The number of nitrogens with zero attached hydrogens (tertiary/aromatic N) is 2. The third-order valence-corrected chi connectivity index (χ3v) is 3.26. The lowest BCUT2D eigenvalue weighted by Gasteiger charge is -2.35. The molecule has 0 bridgehead atoms. The van der Waals surface area contributed by atoms with E-state index in [9.17, 15) is 4.79 Å². The fourth-order valence-electron chi connectivity index (χ4n) is 2.35. The molecule has 0 radical (unpaired) electrons. The zero-order valence-corrected chi connectivity index (χ0v) is 8.99. The number of hydrogen-bond donors (Lipinski definition) is 1. The molecule has 0 aromatic carbocycles. The van der Waals surface area contributed by atoms with Crippen LogP contribution in [0.2, 0.25) is 0 Å². The van der Waals surface area contributed by atoms with Crippen molar-refractivity contribution >= 4 is 5.91 Å². The summed E-state index contributed by atoms with van der Waals surface area (Å²) >= 11 is 0. The molecule has 1 amide bonds. The quantitative estimate of drug-likeness (QED) is 0.635. The van der Waals surface area contributed by atoms with Gasteiger partial charge in [0.1, 0.15) is 0 Å². The Morgan fingerprint density at radius 1 is 1.50 bits per heavy atom. The number of piperidine rings is 1. The van der Waals surface area contributed by atoms with Gasteiger partial charge in [-0.25, -0.2) is 0 Å². The van der Waals surface area contributed by atoms with Crippen molar-refractivity contribution in [3.8, 4) is 0 Å². The summed E-state index contributed by atoms with van der Waals surface area (Å²) in [7, 11) is 2.13. The van der Waals surface area contributed by atoms with E-state index in [1.807, 2.05) is 11.8 Å². The molecule has 2 saturated heterocycles. The summed E-state index contributed by atoms with van der Waals surface area (Å²) < 4.78 is 0. The number of rotatable bonds is 1. The highest BCUT2D eigenvalue weighted by molar-refractivity contribution is 5.83. The molecule has 4 nitrogen and oxygen atoms in total. The number of carbonyl (C=O) groups excluding carboxylic acids is 1. The molecule has 0 saturated carbocycles. The van der Waals surface area contributed by atoms with E-state index in [0.29, 0.717) is 6.04 Å². The normalized spacial score (nSPS) is 35.3. The Bertz CT molecular complexity index is 231. The van der Waals surface area contributed by atoms with Crippen molar-refractivity contribution in [2.75, 3.05) is 26.8 Å². The maximum Gasteiger partial charge on any atom is 0.240 e. The van der Waals surface area contributed by atoms with Crippen LogP contribution in [0.15, 0.2) is 0 Å². The predicted molar refractivity (Wildman–Crippen MR) is 54.8 cm³/mol. The number of amides is 1. The Morgan fingerprint density at radius 3 is 2.86 bits per heavy atom. The maximum absolute atomic E-state index is 11.8. The van der Waals surface area contributed by atoms with Crippen molar-refractivity contribution in [3.63, 3.8) is 0 Å². The number of nitrogens with one attached hydrogen (secondary N) is 1. The van der Waals surface area contributed by atoms with Crippen LogP contribution in [0.1, 0.15) is 19.8 Å². The molecule has 2 unspecified atom stereocenters. The van der Waals surface area contributed by atoms with E-state index in [1.165, 1.54) is 13.0 Å². The van der Waals surface area contributed by atoms with E-state index in [1.54, 1.807) is 0 Å². The Hall–Kier alpha value is -0.610. The van der Waals surface area contributed by atoms with Gasteiger partial charge >= 0.3 is 0 Å². The van der Waals surface area contributed by atoms with Gasteiger partial charge < -0.3 is 9.80 Å². The SMILES string of the molecule is CC1NCN(C2CCCN(C)C2)C1=O. The molecule has 2 aliphatic heterocycles. The van der Waals surface area contributed by atoms with Crippen LogP contribution in [0, 0.1) is 0 Å². The molecule has 4 heteroatoms. The summed E-state index contributed by atoms with van der Waals surface area (Å²) in [6.45, 7) is 4.87. The van der Waals surface area contributed by atoms with Crippen LogP contribution in [0.25, 0.3) is 0 Å². The second-order valence-corrected chi connectivity index (χ2v) is 4.45. The zero-order valence-electron chi connectivity index (χ0n) is 8.99. The molecule has 2 aliphatic rings. The molecule has 0 aromatic heterocycles. The zero-order chi connectivity index (χ0) is 10.1. The minimum absolute atomic E-state index is 0.0160. The van der Waals surface area contributed by atoms with E-state index in [0.717, 1.165) is 19.6 Å². The molecule has 2 heterocycles. The van der Waals surface area contributed by atoms with Gasteiger partial charge in [-0.2, -0.15) is 0 Å². The van der Waals surface area contributed by atoms with Crippen LogP contribution in [0.4, 0.5) is 0 Å². The standard InChI is InChI=1S/C10H19N3O/c1-8-10(14)13(7-11-8)9-4-3-5-12(2)6-9/h8-9,11H,3-7H2,1-2H3. The van der Waals surface area contributed by atoms with Crippen molar-refractivity contribution in [2.45, 2.75) is 31.8 Å². The third-order valence-electron chi connectivity index (χ3n) is 3.26. The van der Waals surface area contributed by atoms with E-state index in [4.69, 9.17) is 0 Å². The highest BCUT2D eigenvalue weighted by Gasteiger charge is 2.34. The Labute approximate surface area is 85.2 Å². The van der Waals surface area contributed by atoms with Crippen molar-refractivity contribution < 1.29 is 4.79 Å². The lowest BCUT2D eigenvalue weighted by Crippen LogP contribution is -2.48. The predicted octanol–water partition coefficient (Wildman–Crippen LogP) is -0.142. The minimum atomic E-state index is 0.0160. The molecular formula is C10H19N3O. The summed E-state index contributed by atoms with van der Waals surface area (Å²) in [5.41, 5.74) is 0. The summed E-state index contributed by atoms with van der Waals surface area (Å²) in [5.74, 6) is 0.269. The smallest absolute Gasteiger partial charge is 0.240 e. The summed E-state index contributed by atoms with van der Waals surface area (Å²) in [6, 6.07) is 0.445. The van der Waals surface area contributed by atoms with Crippen molar-refractivity contribution in [1.82, 2.24) is 15.1 Å². The van der Waals surface area contributed by atoms with E-state index in [-0.39, 0.29) is 11.9 Å². The van der Waals surface area contributed by atoms with E-state index in [2.05, 4.69) is 17.3 Å². The second-order valence-electron chi connectivity index (χ2n) is 4.45. The second kappa shape index (κ2) is 3.87. The monoisotopic (exact) mass is 197 g/mol. The summed E-state index contributed by atoms with van der Waals surface area (Å²) in [6.07, 6.45) is 2.36. The molecule has 2 atom stereocenters. The molecule has 1 N–H and O–H groups in total. The molecule has 0 aliphatic carbocycles. The van der Waals surface area contributed by atoms with E-state index < -0.39 is 0 Å². The van der Waals surface area contributed by atoms with Crippen molar-refractivity contribution in [2.24, 2.45) is 0 Å². The van der Waals surface area contributed by atoms with Gasteiger partial charge in [0.15, 0.2) is 0 Å². The number of likely N-dealkylation sites (N-methyl/N-ethyl adjacent to an activating group) is 1. The van der Waals surface area contributed by atoms with Gasteiger partial charge in [0.25, 0.3) is 0 Å². The summed E-state index contributed by atoms with van der Waals surface area (Å²) in [4.78, 5) is 16.1. The number of carbonyl (C=O) groups is 1. The average molecular weight is 197 g/mol. The van der Waals surface area contributed by atoms with Crippen LogP contribution >= 0.6 is 0 Å². The van der Waals surface area contributed by atoms with Crippen LogP contribution in [-0.4, -0.2) is 54.6 Å². The Morgan fingerprint density at radius 2 is 2.29 bits per heavy atom. The largest absolute Gasteiger partial charge is 0.324 e. The molecule has 14 heavy (non-hydrogen) atoms. The summed E-state index contributed by atoms with van der Waals surface area (Å²) in [5, 5.41) is 3.19. The highest BCUT2D eigenvalue weighted by atomic mass is 16.2. The first-order valence-electron chi connectivity index (χ1n) is 5.41. The molecule has 2 rings (SSSR count). The van der Waals surface area contributed by atoms with Gasteiger partial charge in [-0.05, 0) is 33.4 Å². The first-order valence-corrected chi connectivity index (χ1v) is 5.41. The Kier molecular flexibility index (Phi) is 2.74. The molecule has 0 aromatic rings. The number of hydrogen-bond acceptors (Lipinski definition) is 3. The van der Waals surface area contributed by atoms with Gasteiger partial charge in [0.05, 0.1) is 12.7 Å². The average Bonchev–Trinajstić information content (AvgIpc) is 2.48. The topological polar surface area (TPSA) is 35.6 Å². The highest BCUT2D eigenvalue weighted by Crippen LogP contribution is 2.17. The van der Waals surface area contributed by atoms with Crippen LogP contribution in [0.3, 0.4) is 0 Å². The molecule has 0 spiro atoms. The van der Waals surface area contributed by atoms with Gasteiger partial charge in [-0.15, -0.1) is 0 Å². The van der Waals surface area contributed by atoms with Gasteiger partial charge in [0.2, 0.25) is 5.91 Å². The maximum atomic E-state index is 11.8. The molecule has 2 fully saturated rings. The van der Waals surface area contributed by atoms with Gasteiger partial charge in [-0.1, -0.05) is 0 Å². The van der Waals surface area contributed by atoms with Crippen molar-refractivity contribution in [3.05, 3.63) is 0 Å². The first-order chi connectivity index (χ1) is 6.68. The Balaban J connectivity index is 1.97. The van der Waals surface area contributed by atoms with E-state index >= 15 is 0 Å². The minimum Gasteiger partial charge on any atom is -0.324 e. The molecular weight excluding hydrogens is 178 g/mol. The fraction of sp³-hybridized carbons (Fsp3) is 0.900. The van der Waals surface area contributed by atoms with Gasteiger partial charge in [-0.3, -0.25) is 10.1 Å². The van der Waals surface area contributed by atoms with Crippen LogP contribution < -0.4 is 5.32 Å². The van der Waals surface area contributed by atoms with Gasteiger partial charge in [0, 0.05) is 12.6 Å². The van der Waals surface area contributed by atoms with Crippen LogP contribution in [0.5, 0.6) is 0 Å². The van der Waals surface area contributed by atoms with Crippen molar-refractivity contribution in [1.29, 1.82) is 0 Å². The molecule has 80 valence electrons. The number of likely N-dealkylation sites (tertiary alicyclic amines) is 1. The third kappa shape index (κ3) is 1.77. The first kappa shape index (κ1) is 9.93. The lowest BCUT2D eigenvalue weighted by atomic mass is 10.0. The fourth-order valence-corrected chi connectivity index (χ4v) is 2.35.